The smallest absolute Gasteiger partial charge is 0.319 e. The van der Waals surface area contributed by atoms with Crippen LogP contribution in [0.15, 0.2) is 48.8 Å². The molecule has 0 saturated carbocycles. The zero-order chi connectivity index (χ0) is 17.5. The van der Waals surface area contributed by atoms with Gasteiger partial charge in [-0.1, -0.05) is 18.2 Å². The van der Waals surface area contributed by atoms with Crippen LogP contribution in [0.1, 0.15) is 24.1 Å². The lowest BCUT2D eigenvalue weighted by Gasteiger charge is -2.32. The Morgan fingerprint density at radius 2 is 2.00 bits per heavy atom. The molecular weight excluding hydrogens is 316 g/mol. The van der Waals surface area contributed by atoms with Crippen LogP contribution < -0.4 is 10.6 Å². The number of rotatable bonds is 5. The number of amides is 2. The molecule has 1 aromatic heterocycles. The first-order chi connectivity index (χ1) is 12.2. The van der Waals surface area contributed by atoms with Gasteiger partial charge in [-0.2, -0.15) is 0 Å². The van der Waals surface area contributed by atoms with Gasteiger partial charge in [0, 0.05) is 43.8 Å². The van der Waals surface area contributed by atoms with E-state index in [0.717, 1.165) is 37.6 Å². The molecule has 1 aliphatic rings. The van der Waals surface area contributed by atoms with Crippen LogP contribution in [-0.2, 0) is 11.3 Å². The number of hydrogen-bond donors (Lipinski definition) is 2. The van der Waals surface area contributed by atoms with Crippen molar-refractivity contribution in [3.05, 3.63) is 59.9 Å². The van der Waals surface area contributed by atoms with Gasteiger partial charge in [-0.25, -0.2) is 4.79 Å². The van der Waals surface area contributed by atoms with Crippen molar-refractivity contribution in [2.45, 2.75) is 19.5 Å². The SMILES string of the molecule is CC(c1ccc(NC(=O)NCc2cccnc2)cc1)N1CCOCC1. The Hall–Kier alpha value is -2.44. The number of urea groups is 1. The number of benzene rings is 1. The molecule has 1 aliphatic heterocycles. The molecule has 0 aliphatic carbocycles. The predicted octanol–water partition coefficient (Wildman–Crippen LogP) is 2.80. The molecule has 2 heterocycles. The molecule has 6 nitrogen and oxygen atoms in total. The summed E-state index contributed by atoms with van der Waals surface area (Å²) in [6.07, 6.45) is 3.45. The maximum Gasteiger partial charge on any atom is 0.319 e. The van der Waals surface area contributed by atoms with Gasteiger partial charge in [0.1, 0.15) is 0 Å². The van der Waals surface area contributed by atoms with Crippen molar-refractivity contribution in [1.29, 1.82) is 0 Å². The molecule has 25 heavy (non-hydrogen) atoms. The Morgan fingerprint density at radius 1 is 1.24 bits per heavy atom. The molecule has 0 spiro atoms. The zero-order valence-corrected chi connectivity index (χ0v) is 14.4. The number of carbonyl (C=O) groups excluding carboxylic acids is 1. The number of nitrogens with zero attached hydrogens (tertiary/aromatic N) is 2. The van der Waals surface area contributed by atoms with Gasteiger partial charge in [-0.15, -0.1) is 0 Å². The molecule has 2 aromatic rings. The van der Waals surface area contributed by atoms with Crippen molar-refractivity contribution in [2.24, 2.45) is 0 Å². The van der Waals surface area contributed by atoms with Gasteiger partial charge in [-0.3, -0.25) is 9.88 Å². The van der Waals surface area contributed by atoms with E-state index in [1.165, 1.54) is 5.56 Å². The molecular formula is C19H24N4O2. The minimum absolute atomic E-state index is 0.224. The summed E-state index contributed by atoms with van der Waals surface area (Å²) in [5, 5.41) is 5.68. The summed E-state index contributed by atoms with van der Waals surface area (Å²) in [5.74, 6) is 0. The number of anilines is 1. The molecule has 132 valence electrons. The maximum atomic E-state index is 12.0. The van der Waals surface area contributed by atoms with E-state index in [-0.39, 0.29) is 6.03 Å². The molecule has 1 unspecified atom stereocenters. The third kappa shape index (κ3) is 5.01. The van der Waals surface area contributed by atoms with Crippen LogP contribution in [-0.4, -0.2) is 42.2 Å². The van der Waals surface area contributed by atoms with Crippen LogP contribution in [0.3, 0.4) is 0 Å². The fraction of sp³-hybridized carbons (Fsp3) is 0.368. The highest BCUT2D eigenvalue weighted by Crippen LogP contribution is 2.22. The van der Waals surface area contributed by atoms with Gasteiger partial charge in [0.05, 0.1) is 13.2 Å². The standard InChI is InChI=1S/C19H24N4O2/c1-15(23-9-11-25-12-10-23)17-4-6-18(7-5-17)22-19(24)21-14-16-3-2-8-20-13-16/h2-8,13,15H,9-12,14H2,1H3,(H2,21,22,24). The van der Waals surface area contributed by atoms with Gasteiger partial charge in [0.25, 0.3) is 0 Å². The van der Waals surface area contributed by atoms with E-state index in [2.05, 4.69) is 39.6 Å². The number of hydrogen-bond acceptors (Lipinski definition) is 4. The van der Waals surface area contributed by atoms with E-state index >= 15 is 0 Å². The van der Waals surface area contributed by atoms with Gasteiger partial charge < -0.3 is 15.4 Å². The third-order valence-corrected chi connectivity index (χ3v) is 4.42. The van der Waals surface area contributed by atoms with Crippen molar-refractivity contribution in [3.8, 4) is 0 Å². The van der Waals surface area contributed by atoms with Gasteiger partial charge in [0.2, 0.25) is 0 Å². The molecule has 2 N–H and O–H groups in total. The highest BCUT2D eigenvalue weighted by atomic mass is 16.5. The van der Waals surface area contributed by atoms with Crippen molar-refractivity contribution in [2.75, 3.05) is 31.6 Å². The molecule has 6 heteroatoms. The highest BCUT2D eigenvalue weighted by molar-refractivity contribution is 5.89. The quantitative estimate of drug-likeness (QED) is 0.878. The zero-order valence-electron chi connectivity index (χ0n) is 14.4. The van der Waals surface area contributed by atoms with Crippen LogP contribution in [0.2, 0.25) is 0 Å². The van der Waals surface area contributed by atoms with Crippen molar-refractivity contribution < 1.29 is 9.53 Å². The fourth-order valence-corrected chi connectivity index (χ4v) is 2.88. The van der Waals surface area contributed by atoms with Gasteiger partial charge >= 0.3 is 6.03 Å². The topological polar surface area (TPSA) is 66.5 Å². The summed E-state index contributed by atoms with van der Waals surface area (Å²) in [4.78, 5) is 18.4. The minimum atomic E-state index is -0.224. The maximum absolute atomic E-state index is 12.0. The Kier molecular flexibility index (Phi) is 5.98. The first kappa shape index (κ1) is 17.4. The number of ether oxygens (including phenoxy) is 1. The summed E-state index contributed by atoms with van der Waals surface area (Å²) in [6.45, 7) is 6.15. The van der Waals surface area contributed by atoms with Crippen molar-refractivity contribution in [3.63, 3.8) is 0 Å². The average Bonchev–Trinajstić information content (AvgIpc) is 2.68. The van der Waals surface area contributed by atoms with E-state index in [1.807, 2.05) is 24.3 Å². The summed E-state index contributed by atoms with van der Waals surface area (Å²) < 4.78 is 5.40. The van der Waals surface area contributed by atoms with Gasteiger partial charge in [-0.05, 0) is 36.2 Å². The van der Waals surface area contributed by atoms with Crippen LogP contribution in [0.4, 0.5) is 10.5 Å². The van der Waals surface area contributed by atoms with Crippen LogP contribution in [0.25, 0.3) is 0 Å². The molecule has 0 radical (unpaired) electrons. The van der Waals surface area contributed by atoms with E-state index < -0.39 is 0 Å². The van der Waals surface area contributed by atoms with Crippen molar-refractivity contribution in [1.82, 2.24) is 15.2 Å². The first-order valence-corrected chi connectivity index (χ1v) is 8.58. The number of nitrogens with one attached hydrogen (secondary N) is 2. The molecule has 0 bridgehead atoms. The second-order valence-corrected chi connectivity index (χ2v) is 6.12. The molecule has 2 amide bonds. The Morgan fingerprint density at radius 3 is 2.68 bits per heavy atom. The average molecular weight is 340 g/mol. The van der Waals surface area contributed by atoms with E-state index in [9.17, 15) is 4.79 Å². The monoisotopic (exact) mass is 340 g/mol. The summed E-state index contributed by atoms with van der Waals surface area (Å²) in [5.41, 5.74) is 2.98. The lowest BCUT2D eigenvalue weighted by atomic mass is 10.1. The minimum Gasteiger partial charge on any atom is -0.379 e. The second-order valence-electron chi connectivity index (χ2n) is 6.12. The molecule has 1 atom stereocenters. The van der Waals surface area contributed by atoms with Crippen LogP contribution >= 0.6 is 0 Å². The molecule has 1 aromatic carbocycles. The molecule has 3 rings (SSSR count). The second kappa shape index (κ2) is 8.60. The fourth-order valence-electron chi connectivity index (χ4n) is 2.88. The lowest BCUT2D eigenvalue weighted by molar-refractivity contribution is 0.0198. The Labute approximate surface area is 148 Å². The van der Waals surface area contributed by atoms with E-state index in [1.54, 1.807) is 12.4 Å². The number of carbonyl (C=O) groups is 1. The third-order valence-electron chi connectivity index (χ3n) is 4.42. The van der Waals surface area contributed by atoms with E-state index in [0.29, 0.717) is 12.6 Å². The molecule has 1 fully saturated rings. The van der Waals surface area contributed by atoms with Crippen LogP contribution in [0, 0.1) is 0 Å². The number of morpholine rings is 1. The summed E-state index contributed by atoms with van der Waals surface area (Å²) in [6, 6.07) is 11.9. The normalized spacial score (nSPS) is 16.2. The number of pyridine rings is 1. The van der Waals surface area contributed by atoms with Gasteiger partial charge in [0.15, 0.2) is 0 Å². The summed E-state index contributed by atoms with van der Waals surface area (Å²) >= 11 is 0. The van der Waals surface area contributed by atoms with Crippen molar-refractivity contribution >= 4 is 11.7 Å². The predicted molar refractivity (Wildman–Crippen MR) is 97.3 cm³/mol. The Bertz CT molecular complexity index is 670. The number of aromatic nitrogens is 1. The van der Waals surface area contributed by atoms with Crippen LogP contribution in [0.5, 0.6) is 0 Å². The first-order valence-electron chi connectivity index (χ1n) is 8.58. The van der Waals surface area contributed by atoms with E-state index in [4.69, 9.17) is 4.74 Å². The Balaban J connectivity index is 1.50. The molecule has 1 saturated heterocycles. The lowest BCUT2D eigenvalue weighted by Crippen LogP contribution is -2.38. The summed E-state index contributed by atoms with van der Waals surface area (Å²) in [7, 11) is 0. The highest BCUT2D eigenvalue weighted by Gasteiger charge is 2.18. The largest absolute Gasteiger partial charge is 0.379 e.